The maximum absolute atomic E-state index is 13.6. The summed E-state index contributed by atoms with van der Waals surface area (Å²) in [7, 11) is 1.87. The highest BCUT2D eigenvalue weighted by Gasteiger charge is 2.57. The fourth-order valence-electron chi connectivity index (χ4n) is 3.58. The molecule has 2 heterocycles. The van der Waals surface area contributed by atoms with Crippen molar-refractivity contribution in [2.24, 2.45) is 11.3 Å². The molecule has 6 heteroatoms. The molecule has 2 aliphatic rings. The molecule has 3 rings (SSSR count). The summed E-state index contributed by atoms with van der Waals surface area (Å²) in [5, 5.41) is 2.89. The van der Waals surface area contributed by atoms with Crippen LogP contribution in [0.4, 0.5) is 4.39 Å². The van der Waals surface area contributed by atoms with Gasteiger partial charge in [0.2, 0.25) is 5.91 Å². The van der Waals surface area contributed by atoms with Crippen LogP contribution in [0.3, 0.4) is 0 Å². The van der Waals surface area contributed by atoms with E-state index in [1.165, 1.54) is 18.2 Å². The van der Waals surface area contributed by atoms with Gasteiger partial charge in [0.25, 0.3) is 0 Å². The second-order valence-electron chi connectivity index (χ2n) is 6.83. The SMILES string of the molecule is CC(C)NC(=O)[C@@H]1CN(C)C[C@]12COc1ccc(F)cc1C2=O. The van der Waals surface area contributed by atoms with Crippen LogP contribution in [0.5, 0.6) is 5.75 Å². The molecular formula is C17H21FN2O3. The van der Waals surface area contributed by atoms with Crippen LogP contribution in [-0.4, -0.2) is 49.4 Å². The molecule has 1 saturated heterocycles. The number of hydrogen-bond acceptors (Lipinski definition) is 4. The molecule has 2 atom stereocenters. The minimum atomic E-state index is -0.950. The summed E-state index contributed by atoms with van der Waals surface area (Å²) in [4.78, 5) is 27.6. The molecule has 124 valence electrons. The lowest BCUT2D eigenvalue weighted by Gasteiger charge is -2.36. The average Bonchev–Trinajstić information content (AvgIpc) is 2.81. The van der Waals surface area contributed by atoms with Gasteiger partial charge in [-0.2, -0.15) is 0 Å². The summed E-state index contributed by atoms with van der Waals surface area (Å²) < 4.78 is 19.3. The van der Waals surface area contributed by atoms with Crippen LogP contribution in [0, 0.1) is 17.2 Å². The number of Topliss-reactive ketones (excluding diaryl/α,β-unsaturated/α-hetero) is 1. The Labute approximate surface area is 134 Å². The summed E-state index contributed by atoms with van der Waals surface area (Å²) in [6, 6.07) is 3.94. The van der Waals surface area contributed by atoms with Crippen LogP contribution in [0.2, 0.25) is 0 Å². The molecule has 1 spiro atoms. The number of fused-ring (bicyclic) bond motifs is 1. The van der Waals surface area contributed by atoms with Crippen molar-refractivity contribution in [3.05, 3.63) is 29.6 Å². The van der Waals surface area contributed by atoms with Gasteiger partial charge in [-0.05, 0) is 39.1 Å². The minimum Gasteiger partial charge on any atom is -0.492 e. The summed E-state index contributed by atoms with van der Waals surface area (Å²) in [6.45, 7) is 4.82. The second-order valence-corrected chi connectivity index (χ2v) is 6.83. The van der Waals surface area contributed by atoms with E-state index in [1.807, 2.05) is 25.8 Å². The van der Waals surface area contributed by atoms with Crippen molar-refractivity contribution in [2.45, 2.75) is 19.9 Å². The van der Waals surface area contributed by atoms with Gasteiger partial charge in [-0.15, -0.1) is 0 Å². The third-order valence-corrected chi connectivity index (χ3v) is 4.58. The highest BCUT2D eigenvalue weighted by molar-refractivity contribution is 6.06. The van der Waals surface area contributed by atoms with Crippen molar-refractivity contribution in [1.82, 2.24) is 10.2 Å². The first-order chi connectivity index (χ1) is 10.8. The number of carbonyl (C=O) groups is 2. The van der Waals surface area contributed by atoms with Gasteiger partial charge >= 0.3 is 0 Å². The standard InChI is InChI=1S/C17H21FN2O3/c1-10(2)19-16(22)13-7-20(3)8-17(13)9-23-14-5-4-11(18)6-12(14)15(17)21/h4-6,10,13H,7-9H2,1-3H3,(H,19,22)/t13-,17-/m0/s1. The quantitative estimate of drug-likeness (QED) is 0.896. The number of nitrogens with one attached hydrogen (secondary N) is 1. The Morgan fingerprint density at radius 2 is 2.22 bits per heavy atom. The zero-order valence-electron chi connectivity index (χ0n) is 13.6. The summed E-state index contributed by atoms with van der Waals surface area (Å²) >= 11 is 0. The lowest BCUT2D eigenvalue weighted by atomic mass is 9.71. The van der Waals surface area contributed by atoms with Crippen molar-refractivity contribution in [2.75, 3.05) is 26.7 Å². The molecule has 2 aliphatic heterocycles. The Hall–Kier alpha value is -1.95. The highest BCUT2D eigenvalue weighted by atomic mass is 19.1. The fourth-order valence-corrected chi connectivity index (χ4v) is 3.58. The summed E-state index contributed by atoms with van der Waals surface area (Å²) in [5.74, 6) is -0.946. The molecule has 1 aromatic rings. The van der Waals surface area contributed by atoms with Gasteiger partial charge in [0.15, 0.2) is 5.78 Å². The Kier molecular flexibility index (Phi) is 3.88. The van der Waals surface area contributed by atoms with E-state index in [9.17, 15) is 14.0 Å². The smallest absolute Gasteiger partial charge is 0.225 e. The van der Waals surface area contributed by atoms with Gasteiger partial charge in [-0.1, -0.05) is 0 Å². The van der Waals surface area contributed by atoms with E-state index in [1.54, 1.807) is 0 Å². The molecule has 1 N–H and O–H groups in total. The van der Waals surface area contributed by atoms with Gasteiger partial charge in [0.1, 0.15) is 18.2 Å². The number of ether oxygens (including phenoxy) is 1. The van der Waals surface area contributed by atoms with Crippen LogP contribution in [0.15, 0.2) is 18.2 Å². The molecule has 0 aromatic heterocycles. The summed E-state index contributed by atoms with van der Waals surface area (Å²) in [6.07, 6.45) is 0. The third-order valence-electron chi connectivity index (χ3n) is 4.58. The highest BCUT2D eigenvalue weighted by Crippen LogP contribution is 2.44. The van der Waals surface area contributed by atoms with E-state index in [-0.39, 0.29) is 29.9 Å². The van der Waals surface area contributed by atoms with E-state index < -0.39 is 17.2 Å². The number of benzene rings is 1. The van der Waals surface area contributed by atoms with Crippen LogP contribution in [-0.2, 0) is 4.79 Å². The first-order valence-corrected chi connectivity index (χ1v) is 7.79. The number of carbonyl (C=O) groups excluding carboxylic acids is 2. The number of halogens is 1. The molecule has 0 unspecified atom stereocenters. The van der Waals surface area contributed by atoms with Crippen LogP contribution < -0.4 is 10.1 Å². The number of likely N-dealkylation sites (tertiary alicyclic amines) is 1. The molecule has 0 aliphatic carbocycles. The molecule has 0 saturated carbocycles. The summed E-state index contributed by atoms with van der Waals surface area (Å²) in [5.41, 5.74) is -0.719. The Morgan fingerprint density at radius 1 is 1.48 bits per heavy atom. The Balaban J connectivity index is 1.99. The first-order valence-electron chi connectivity index (χ1n) is 7.79. The monoisotopic (exact) mass is 320 g/mol. The van der Waals surface area contributed by atoms with Crippen LogP contribution >= 0.6 is 0 Å². The largest absolute Gasteiger partial charge is 0.492 e. The predicted octanol–water partition coefficient (Wildman–Crippen LogP) is 1.47. The van der Waals surface area contributed by atoms with Gasteiger partial charge in [0, 0.05) is 19.1 Å². The van der Waals surface area contributed by atoms with Crippen LogP contribution in [0.1, 0.15) is 24.2 Å². The van der Waals surface area contributed by atoms with Crippen molar-refractivity contribution in [3.63, 3.8) is 0 Å². The lowest BCUT2D eigenvalue weighted by Crippen LogP contribution is -2.52. The Morgan fingerprint density at radius 3 is 2.91 bits per heavy atom. The van der Waals surface area contributed by atoms with Gasteiger partial charge in [-0.25, -0.2) is 4.39 Å². The average molecular weight is 320 g/mol. The number of rotatable bonds is 2. The molecule has 0 bridgehead atoms. The lowest BCUT2D eigenvalue weighted by molar-refractivity contribution is -0.128. The van der Waals surface area contributed by atoms with E-state index in [0.717, 1.165) is 0 Å². The normalized spacial score (nSPS) is 27.2. The molecule has 0 radical (unpaired) electrons. The third kappa shape index (κ3) is 2.61. The molecule has 23 heavy (non-hydrogen) atoms. The number of amides is 1. The van der Waals surface area contributed by atoms with E-state index >= 15 is 0 Å². The Bertz CT molecular complexity index is 661. The zero-order chi connectivity index (χ0) is 16.8. The number of nitrogens with zero attached hydrogens (tertiary/aromatic N) is 1. The van der Waals surface area contributed by atoms with E-state index in [2.05, 4.69) is 5.32 Å². The van der Waals surface area contributed by atoms with E-state index in [4.69, 9.17) is 4.74 Å². The molecular weight excluding hydrogens is 299 g/mol. The van der Waals surface area contributed by atoms with Crippen LogP contribution in [0.25, 0.3) is 0 Å². The molecule has 1 amide bonds. The molecule has 5 nitrogen and oxygen atoms in total. The molecule has 1 aromatic carbocycles. The van der Waals surface area contributed by atoms with Gasteiger partial charge in [-0.3, -0.25) is 9.59 Å². The van der Waals surface area contributed by atoms with Crippen molar-refractivity contribution < 1.29 is 18.7 Å². The van der Waals surface area contributed by atoms with Gasteiger partial charge in [0.05, 0.1) is 16.9 Å². The van der Waals surface area contributed by atoms with Gasteiger partial charge < -0.3 is 15.0 Å². The number of hydrogen-bond donors (Lipinski definition) is 1. The van der Waals surface area contributed by atoms with E-state index in [0.29, 0.717) is 18.8 Å². The van der Waals surface area contributed by atoms with Crippen molar-refractivity contribution >= 4 is 11.7 Å². The second kappa shape index (κ2) is 5.60. The predicted molar refractivity (Wildman–Crippen MR) is 82.9 cm³/mol. The zero-order valence-corrected chi connectivity index (χ0v) is 13.6. The topological polar surface area (TPSA) is 58.6 Å². The maximum Gasteiger partial charge on any atom is 0.225 e. The fraction of sp³-hybridized carbons (Fsp3) is 0.529. The molecule has 1 fully saturated rings. The van der Waals surface area contributed by atoms with Crippen molar-refractivity contribution in [3.8, 4) is 5.75 Å². The van der Waals surface area contributed by atoms with Crippen molar-refractivity contribution in [1.29, 1.82) is 0 Å². The first kappa shape index (κ1) is 15.9. The maximum atomic E-state index is 13.6. The number of ketones is 1. The minimum absolute atomic E-state index is 0.00482.